The topological polar surface area (TPSA) is 73.9 Å². The zero-order valence-corrected chi connectivity index (χ0v) is 16.4. The van der Waals surface area contributed by atoms with E-state index in [1.165, 1.54) is 25.1 Å². The highest BCUT2D eigenvalue weighted by atomic mass is 19.3. The number of carbonyl (C=O) groups is 2. The third-order valence-electron chi connectivity index (χ3n) is 3.95. The minimum absolute atomic E-state index is 0.0456. The van der Waals surface area contributed by atoms with Gasteiger partial charge >= 0.3 is 12.6 Å². The Kier molecular flexibility index (Phi) is 7.94. The van der Waals surface area contributed by atoms with Gasteiger partial charge in [0.1, 0.15) is 11.5 Å². The lowest BCUT2D eigenvalue weighted by molar-refractivity contribution is -0.153. The molecule has 29 heavy (non-hydrogen) atoms. The molecule has 0 aromatic heterocycles. The predicted octanol–water partition coefficient (Wildman–Crippen LogP) is 4.24. The van der Waals surface area contributed by atoms with Crippen molar-refractivity contribution in [2.24, 2.45) is 0 Å². The molecule has 0 radical (unpaired) electrons. The molecule has 2 rings (SSSR count). The number of para-hydroxylation sites is 2. The van der Waals surface area contributed by atoms with Gasteiger partial charge in [-0.15, -0.1) is 0 Å². The maximum Gasteiger partial charge on any atom is 0.387 e. The molecule has 2 aromatic rings. The monoisotopic (exact) mass is 407 g/mol. The average Bonchev–Trinajstić information content (AvgIpc) is 2.65. The van der Waals surface area contributed by atoms with E-state index in [-0.39, 0.29) is 24.5 Å². The Labute approximate surface area is 167 Å². The van der Waals surface area contributed by atoms with Crippen LogP contribution in [-0.4, -0.2) is 31.2 Å². The van der Waals surface area contributed by atoms with Gasteiger partial charge in [-0.05, 0) is 50.1 Å². The van der Waals surface area contributed by atoms with Crippen molar-refractivity contribution in [1.29, 1.82) is 0 Å². The first-order chi connectivity index (χ1) is 13.8. The van der Waals surface area contributed by atoms with Gasteiger partial charge in [0.25, 0.3) is 5.91 Å². The fourth-order valence-electron chi connectivity index (χ4n) is 2.42. The van der Waals surface area contributed by atoms with Crippen molar-refractivity contribution in [3.63, 3.8) is 0 Å². The number of anilines is 1. The van der Waals surface area contributed by atoms with Crippen molar-refractivity contribution in [3.05, 3.63) is 53.6 Å². The van der Waals surface area contributed by atoms with E-state index in [1.807, 2.05) is 32.0 Å². The lowest BCUT2D eigenvalue weighted by atomic mass is 10.1. The van der Waals surface area contributed by atoms with Crippen LogP contribution in [0.4, 0.5) is 14.5 Å². The molecule has 1 amide bonds. The maximum absolute atomic E-state index is 12.4. The van der Waals surface area contributed by atoms with Crippen molar-refractivity contribution in [2.45, 2.75) is 39.9 Å². The second-order valence-corrected chi connectivity index (χ2v) is 6.36. The summed E-state index contributed by atoms with van der Waals surface area (Å²) < 4.78 is 39.9. The van der Waals surface area contributed by atoms with Gasteiger partial charge in [-0.2, -0.15) is 8.78 Å². The van der Waals surface area contributed by atoms with Gasteiger partial charge in [0, 0.05) is 0 Å². The molecule has 0 heterocycles. The van der Waals surface area contributed by atoms with Crippen LogP contribution in [0.5, 0.6) is 11.5 Å². The first-order valence-electron chi connectivity index (χ1n) is 9.00. The number of ether oxygens (including phenoxy) is 3. The summed E-state index contributed by atoms with van der Waals surface area (Å²) in [6, 6.07) is 11.5. The molecule has 0 fully saturated rings. The molecule has 156 valence electrons. The minimum Gasteiger partial charge on any atom is -0.493 e. The Morgan fingerprint density at radius 2 is 1.79 bits per heavy atom. The Balaban J connectivity index is 1.83. The second-order valence-electron chi connectivity index (χ2n) is 6.36. The molecule has 0 spiro atoms. The van der Waals surface area contributed by atoms with Crippen LogP contribution >= 0.6 is 0 Å². The quantitative estimate of drug-likeness (QED) is 0.630. The number of amides is 1. The van der Waals surface area contributed by atoms with E-state index in [0.717, 1.165) is 11.1 Å². The summed E-state index contributed by atoms with van der Waals surface area (Å²) in [5.41, 5.74) is 2.04. The van der Waals surface area contributed by atoms with Crippen LogP contribution in [0, 0.1) is 13.8 Å². The van der Waals surface area contributed by atoms with Crippen LogP contribution in [0.15, 0.2) is 42.5 Å². The normalized spacial score (nSPS) is 11.7. The number of benzene rings is 2. The zero-order valence-electron chi connectivity index (χ0n) is 16.4. The SMILES string of the molecule is Cc1ccc(C)c(OCCC(=O)OC(C)C(=O)Nc2ccccc2OC(F)F)c1. The standard InChI is InChI=1S/C21H23F2NO5/c1-13-8-9-14(2)18(12-13)27-11-10-19(25)28-15(3)20(26)24-16-6-4-5-7-17(16)29-21(22)23/h4-9,12,15,21H,10-11H2,1-3H3,(H,24,26). The third-order valence-corrected chi connectivity index (χ3v) is 3.95. The number of aryl methyl sites for hydroxylation is 2. The number of hydrogen-bond acceptors (Lipinski definition) is 5. The van der Waals surface area contributed by atoms with Crippen LogP contribution in [0.25, 0.3) is 0 Å². The van der Waals surface area contributed by atoms with Crippen molar-refractivity contribution in [2.75, 3.05) is 11.9 Å². The molecule has 8 heteroatoms. The van der Waals surface area contributed by atoms with Crippen molar-refractivity contribution in [1.82, 2.24) is 0 Å². The Hall–Kier alpha value is -3.16. The van der Waals surface area contributed by atoms with Gasteiger partial charge in [-0.1, -0.05) is 24.3 Å². The number of esters is 1. The highest BCUT2D eigenvalue weighted by molar-refractivity contribution is 5.96. The molecular formula is C21H23F2NO5. The second kappa shape index (κ2) is 10.4. The first kappa shape index (κ1) is 22.1. The van der Waals surface area contributed by atoms with Gasteiger partial charge < -0.3 is 19.5 Å². The lowest BCUT2D eigenvalue weighted by Gasteiger charge is -2.16. The lowest BCUT2D eigenvalue weighted by Crippen LogP contribution is -2.30. The molecule has 1 N–H and O–H groups in total. The van der Waals surface area contributed by atoms with Gasteiger partial charge in [0.15, 0.2) is 6.10 Å². The number of nitrogens with one attached hydrogen (secondary N) is 1. The smallest absolute Gasteiger partial charge is 0.387 e. The summed E-state index contributed by atoms with van der Waals surface area (Å²) in [4.78, 5) is 24.2. The number of rotatable bonds is 9. The summed E-state index contributed by atoms with van der Waals surface area (Å²) in [6.07, 6.45) is -1.17. The van der Waals surface area contributed by atoms with Crippen LogP contribution < -0.4 is 14.8 Å². The van der Waals surface area contributed by atoms with Crippen LogP contribution in [-0.2, 0) is 14.3 Å². The summed E-state index contributed by atoms with van der Waals surface area (Å²) >= 11 is 0. The molecule has 6 nitrogen and oxygen atoms in total. The first-order valence-corrected chi connectivity index (χ1v) is 9.00. The van der Waals surface area contributed by atoms with Crippen molar-refractivity contribution >= 4 is 17.6 Å². The predicted molar refractivity (Wildman–Crippen MR) is 103 cm³/mol. The van der Waals surface area contributed by atoms with Crippen LogP contribution in [0.2, 0.25) is 0 Å². The number of halogens is 2. The van der Waals surface area contributed by atoms with E-state index in [4.69, 9.17) is 9.47 Å². The van der Waals surface area contributed by atoms with E-state index < -0.39 is 24.6 Å². The van der Waals surface area contributed by atoms with E-state index in [2.05, 4.69) is 10.1 Å². The molecule has 2 aromatic carbocycles. The molecule has 1 atom stereocenters. The fraction of sp³-hybridized carbons (Fsp3) is 0.333. The molecule has 0 saturated heterocycles. The highest BCUT2D eigenvalue weighted by Gasteiger charge is 2.20. The van der Waals surface area contributed by atoms with E-state index in [0.29, 0.717) is 5.75 Å². The Bertz CT molecular complexity index is 857. The Morgan fingerprint density at radius 3 is 2.52 bits per heavy atom. The van der Waals surface area contributed by atoms with Gasteiger partial charge in [0.05, 0.1) is 18.7 Å². The molecule has 0 bridgehead atoms. The molecule has 1 unspecified atom stereocenters. The highest BCUT2D eigenvalue weighted by Crippen LogP contribution is 2.25. The summed E-state index contributed by atoms with van der Waals surface area (Å²) in [6.45, 7) is 2.29. The Morgan fingerprint density at radius 1 is 1.07 bits per heavy atom. The number of alkyl halides is 2. The summed E-state index contributed by atoms with van der Waals surface area (Å²) in [7, 11) is 0. The van der Waals surface area contributed by atoms with Crippen LogP contribution in [0.3, 0.4) is 0 Å². The zero-order chi connectivity index (χ0) is 21.4. The van der Waals surface area contributed by atoms with Crippen molar-refractivity contribution in [3.8, 4) is 11.5 Å². The summed E-state index contributed by atoms with van der Waals surface area (Å²) in [5.74, 6) is -0.787. The van der Waals surface area contributed by atoms with Crippen molar-refractivity contribution < 1.29 is 32.6 Å². The molecular weight excluding hydrogens is 384 g/mol. The van der Waals surface area contributed by atoms with E-state index in [1.54, 1.807) is 6.07 Å². The largest absolute Gasteiger partial charge is 0.493 e. The molecule has 0 aliphatic carbocycles. The van der Waals surface area contributed by atoms with E-state index in [9.17, 15) is 18.4 Å². The number of hydrogen-bond donors (Lipinski definition) is 1. The van der Waals surface area contributed by atoms with Crippen LogP contribution in [0.1, 0.15) is 24.5 Å². The minimum atomic E-state index is -3.03. The van der Waals surface area contributed by atoms with E-state index >= 15 is 0 Å². The number of carbonyl (C=O) groups excluding carboxylic acids is 2. The van der Waals surface area contributed by atoms with Gasteiger partial charge in [-0.25, -0.2) is 0 Å². The third kappa shape index (κ3) is 7.06. The van der Waals surface area contributed by atoms with Gasteiger partial charge in [0.2, 0.25) is 0 Å². The fourth-order valence-corrected chi connectivity index (χ4v) is 2.42. The summed E-state index contributed by atoms with van der Waals surface area (Å²) in [5, 5.41) is 2.41. The molecule has 0 aliphatic rings. The van der Waals surface area contributed by atoms with Gasteiger partial charge in [-0.3, -0.25) is 9.59 Å². The maximum atomic E-state index is 12.4. The molecule has 0 aliphatic heterocycles. The average molecular weight is 407 g/mol. The molecule has 0 saturated carbocycles.